The van der Waals surface area contributed by atoms with Crippen LogP contribution in [0.15, 0.2) is 48.5 Å². The van der Waals surface area contributed by atoms with E-state index in [1.807, 2.05) is 18.2 Å². The first-order valence-corrected chi connectivity index (χ1v) is 13.8. The van der Waals surface area contributed by atoms with Crippen LogP contribution in [-0.4, -0.2) is 23.5 Å². The standard InChI is InChI=1S/C30H40Cl2N2/c1-4-26(34(23(2)3)21-19-24-12-7-5-8-13-24)18-20-30(22-33,25-14-9-6-10-15-25)29-27(31)16-11-17-28(29)32/h5,7-8,11-13,16-17,23,25-26H,4,6,9-10,14-15,18-21H2,1-3H3. The first-order valence-electron chi connectivity index (χ1n) is 13.1. The number of benzene rings is 2. The van der Waals surface area contributed by atoms with Crippen LogP contribution in [-0.2, 0) is 11.8 Å². The average molecular weight is 500 g/mol. The number of nitrogens with zero attached hydrogens (tertiary/aromatic N) is 2. The van der Waals surface area contributed by atoms with Crippen LogP contribution in [0.1, 0.15) is 83.3 Å². The molecule has 0 bridgehead atoms. The normalized spacial score (nSPS) is 17.5. The van der Waals surface area contributed by atoms with Crippen LogP contribution in [0.3, 0.4) is 0 Å². The van der Waals surface area contributed by atoms with Crippen LogP contribution in [0.4, 0.5) is 0 Å². The lowest BCUT2D eigenvalue weighted by Crippen LogP contribution is -2.43. The molecule has 2 aromatic carbocycles. The molecule has 0 radical (unpaired) electrons. The highest BCUT2D eigenvalue weighted by Crippen LogP contribution is 2.49. The molecule has 1 aliphatic carbocycles. The topological polar surface area (TPSA) is 27.0 Å². The maximum atomic E-state index is 10.7. The summed E-state index contributed by atoms with van der Waals surface area (Å²) >= 11 is 13.5. The molecule has 184 valence electrons. The van der Waals surface area contributed by atoms with E-state index in [1.54, 1.807) is 0 Å². The van der Waals surface area contributed by atoms with Gasteiger partial charge in [-0.3, -0.25) is 4.90 Å². The number of hydrogen-bond acceptors (Lipinski definition) is 2. The lowest BCUT2D eigenvalue weighted by Gasteiger charge is -2.41. The van der Waals surface area contributed by atoms with E-state index in [0.29, 0.717) is 28.0 Å². The Morgan fingerprint density at radius 1 is 1.00 bits per heavy atom. The number of hydrogen-bond donors (Lipinski definition) is 0. The summed E-state index contributed by atoms with van der Waals surface area (Å²) in [5.74, 6) is 0.304. The Bertz CT molecular complexity index is 910. The summed E-state index contributed by atoms with van der Waals surface area (Å²) in [4.78, 5) is 2.63. The van der Waals surface area contributed by atoms with Crippen molar-refractivity contribution in [3.8, 4) is 6.07 Å². The van der Waals surface area contributed by atoms with E-state index in [0.717, 1.165) is 50.6 Å². The van der Waals surface area contributed by atoms with Crippen molar-refractivity contribution < 1.29 is 0 Å². The molecule has 34 heavy (non-hydrogen) atoms. The summed E-state index contributed by atoms with van der Waals surface area (Å²) < 4.78 is 0. The molecule has 1 fully saturated rings. The summed E-state index contributed by atoms with van der Waals surface area (Å²) in [6, 6.07) is 20.1. The quantitative estimate of drug-likeness (QED) is 0.309. The third-order valence-electron chi connectivity index (χ3n) is 7.89. The second-order valence-electron chi connectivity index (χ2n) is 10.2. The molecule has 2 atom stereocenters. The molecule has 0 N–H and O–H groups in total. The van der Waals surface area contributed by atoms with Gasteiger partial charge in [-0.15, -0.1) is 0 Å². The molecule has 0 saturated heterocycles. The van der Waals surface area contributed by atoms with Gasteiger partial charge in [-0.25, -0.2) is 0 Å². The highest BCUT2D eigenvalue weighted by Gasteiger charge is 2.44. The van der Waals surface area contributed by atoms with Gasteiger partial charge in [0.15, 0.2) is 0 Å². The van der Waals surface area contributed by atoms with Crippen LogP contribution in [0.2, 0.25) is 10.0 Å². The molecule has 1 saturated carbocycles. The Morgan fingerprint density at radius 2 is 1.65 bits per heavy atom. The van der Waals surface area contributed by atoms with Crippen molar-refractivity contribution in [2.24, 2.45) is 5.92 Å². The minimum absolute atomic E-state index is 0.304. The third-order valence-corrected chi connectivity index (χ3v) is 8.52. The van der Waals surface area contributed by atoms with Gasteiger partial charge in [0.25, 0.3) is 0 Å². The van der Waals surface area contributed by atoms with E-state index in [9.17, 15) is 5.26 Å². The van der Waals surface area contributed by atoms with Gasteiger partial charge in [-0.1, -0.05) is 85.8 Å². The van der Waals surface area contributed by atoms with Crippen LogP contribution in [0.5, 0.6) is 0 Å². The van der Waals surface area contributed by atoms with E-state index >= 15 is 0 Å². The summed E-state index contributed by atoms with van der Waals surface area (Å²) in [5, 5.41) is 12.0. The smallest absolute Gasteiger partial charge is 0.0879 e. The summed E-state index contributed by atoms with van der Waals surface area (Å²) in [7, 11) is 0. The van der Waals surface area contributed by atoms with Crippen LogP contribution in [0, 0.1) is 17.2 Å². The van der Waals surface area contributed by atoms with Gasteiger partial charge in [-0.05, 0) is 76.0 Å². The van der Waals surface area contributed by atoms with Crippen molar-refractivity contribution in [1.82, 2.24) is 4.90 Å². The first-order chi connectivity index (χ1) is 16.4. The largest absolute Gasteiger partial charge is 0.298 e. The van der Waals surface area contributed by atoms with Gasteiger partial charge >= 0.3 is 0 Å². The summed E-state index contributed by atoms with van der Waals surface area (Å²) in [6.45, 7) is 7.88. The van der Waals surface area contributed by atoms with E-state index < -0.39 is 5.41 Å². The van der Waals surface area contributed by atoms with Crippen LogP contribution >= 0.6 is 23.2 Å². The Hall–Kier alpha value is -1.53. The minimum atomic E-state index is -0.634. The van der Waals surface area contributed by atoms with Gasteiger partial charge in [-0.2, -0.15) is 5.26 Å². The first kappa shape index (κ1) is 27.1. The van der Waals surface area contributed by atoms with Gasteiger partial charge < -0.3 is 0 Å². The second-order valence-corrected chi connectivity index (χ2v) is 11.0. The Kier molecular flexibility index (Phi) is 10.3. The Labute approximate surface area is 217 Å². The fourth-order valence-corrected chi connectivity index (χ4v) is 6.75. The summed E-state index contributed by atoms with van der Waals surface area (Å²) in [6.07, 6.45) is 9.65. The number of nitriles is 1. The molecule has 0 heterocycles. The SMILES string of the molecule is CCC(CCC(C#N)(c1c(Cl)cccc1Cl)C1CCCCC1)N(CCc1ccccc1)C(C)C. The summed E-state index contributed by atoms with van der Waals surface area (Å²) in [5.41, 5.74) is 1.60. The van der Waals surface area contributed by atoms with Crippen LogP contribution < -0.4 is 0 Å². The molecule has 3 rings (SSSR count). The lowest BCUT2D eigenvalue weighted by atomic mass is 9.63. The average Bonchev–Trinajstić information content (AvgIpc) is 2.85. The fourth-order valence-electron chi connectivity index (χ4n) is 6.02. The van der Waals surface area contributed by atoms with Crippen molar-refractivity contribution in [3.63, 3.8) is 0 Å². The second kappa shape index (κ2) is 13.0. The molecule has 1 aliphatic rings. The lowest BCUT2D eigenvalue weighted by molar-refractivity contribution is 0.128. The van der Waals surface area contributed by atoms with Gasteiger partial charge in [0.05, 0.1) is 11.5 Å². The zero-order valence-corrected chi connectivity index (χ0v) is 22.6. The Balaban J connectivity index is 1.86. The highest BCUT2D eigenvalue weighted by molar-refractivity contribution is 6.36. The Morgan fingerprint density at radius 3 is 2.21 bits per heavy atom. The van der Waals surface area contributed by atoms with E-state index in [-0.39, 0.29) is 0 Å². The predicted octanol–water partition coefficient (Wildman–Crippen LogP) is 8.85. The van der Waals surface area contributed by atoms with E-state index in [1.165, 1.54) is 24.8 Å². The molecule has 0 spiro atoms. The van der Waals surface area contributed by atoms with Crippen LogP contribution in [0.25, 0.3) is 0 Å². The zero-order valence-electron chi connectivity index (χ0n) is 21.1. The van der Waals surface area contributed by atoms with Crippen molar-refractivity contribution in [3.05, 3.63) is 69.7 Å². The highest BCUT2D eigenvalue weighted by atomic mass is 35.5. The molecule has 2 unspecified atom stereocenters. The monoisotopic (exact) mass is 498 g/mol. The molecule has 2 nitrogen and oxygen atoms in total. The third kappa shape index (κ3) is 6.37. The number of rotatable bonds is 11. The molecule has 0 aliphatic heterocycles. The van der Waals surface area contributed by atoms with Crippen molar-refractivity contribution in [2.75, 3.05) is 6.54 Å². The molecule has 0 amide bonds. The van der Waals surface area contributed by atoms with Crippen molar-refractivity contribution in [2.45, 2.75) is 96.1 Å². The maximum absolute atomic E-state index is 10.7. The molecular weight excluding hydrogens is 459 g/mol. The van der Waals surface area contributed by atoms with E-state index in [2.05, 4.69) is 62.1 Å². The molecular formula is C30H40Cl2N2. The maximum Gasteiger partial charge on any atom is 0.0879 e. The van der Waals surface area contributed by atoms with Gasteiger partial charge in [0, 0.05) is 34.2 Å². The molecule has 0 aromatic heterocycles. The zero-order chi connectivity index (χ0) is 24.6. The van der Waals surface area contributed by atoms with Crippen molar-refractivity contribution >= 4 is 23.2 Å². The number of halogens is 2. The van der Waals surface area contributed by atoms with Gasteiger partial charge in [0.1, 0.15) is 0 Å². The molecule has 2 aromatic rings. The minimum Gasteiger partial charge on any atom is -0.298 e. The van der Waals surface area contributed by atoms with Gasteiger partial charge in [0.2, 0.25) is 0 Å². The molecule has 4 heteroatoms. The van der Waals surface area contributed by atoms with E-state index in [4.69, 9.17) is 23.2 Å². The fraction of sp³-hybridized carbons (Fsp3) is 0.567. The van der Waals surface area contributed by atoms with Crippen molar-refractivity contribution in [1.29, 1.82) is 5.26 Å². The predicted molar refractivity (Wildman–Crippen MR) is 146 cm³/mol.